The highest BCUT2D eigenvalue weighted by atomic mass is 16.7. The molecule has 1 aliphatic carbocycles. The predicted molar refractivity (Wildman–Crippen MR) is 91.9 cm³/mol. The SMILES string of the molecule is CC1([N+](=O)[O-])c2ccccc2C(C([N+](=O)[O-])([N+](=O)[O-])[N+](=O)[O-])c2ccccc21. The van der Waals surface area contributed by atoms with E-state index in [-0.39, 0.29) is 22.3 Å². The molecular formula is C16H12N4O8. The van der Waals surface area contributed by atoms with Crippen LogP contribution < -0.4 is 0 Å². The van der Waals surface area contributed by atoms with E-state index in [0.29, 0.717) is 0 Å². The van der Waals surface area contributed by atoms with Crippen molar-refractivity contribution >= 4 is 0 Å². The van der Waals surface area contributed by atoms with E-state index >= 15 is 0 Å². The van der Waals surface area contributed by atoms with Gasteiger partial charge >= 0.3 is 5.79 Å². The molecule has 3 rings (SSSR count). The fraction of sp³-hybridized carbons (Fsp3) is 0.250. The van der Waals surface area contributed by atoms with Gasteiger partial charge in [-0.2, -0.15) is 0 Å². The highest BCUT2D eigenvalue weighted by Gasteiger charge is 2.79. The Labute approximate surface area is 156 Å². The monoisotopic (exact) mass is 388 g/mol. The van der Waals surface area contributed by atoms with Crippen LogP contribution in [0.4, 0.5) is 0 Å². The largest absolute Gasteiger partial charge is 0.710 e. The lowest BCUT2D eigenvalue weighted by Crippen LogP contribution is -2.59. The molecule has 0 fully saturated rings. The topological polar surface area (TPSA) is 173 Å². The van der Waals surface area contributed by atoms with Gasteiger partial charge in [0, 0.05) is 23.0 Å². The van der Waals surface area contributed by atoms with E-state index < -0.39 is 36.9 Å². The van der Waals surface area contributed by atoms with Crippen LogP contribution in [-0.4, -0.2) is 25.5 Å². The molecule has 1 aliphatic rings. The van der Waals surface area contributed by atoms with Gasteiger partial charge in [0.2, 0.25) is 5.92 Å². The van der Waals surface area contributed by atoms with Crippen LogP contribution in [0.3, 0.4) is 0 Å². The molecule has 2 aromatic rings. The van der Waals surface area contributed by atoms with Gasteiger partial charge < -0.3 is 0 Å². The third-order valence-electron chi connectivity index (χ3n) is 5.15. The molecule has 0 saturated carbocycles. The normalized spacial score (nSPS) is 20.5. The molecule has 2 aromatic carbocycles. The first-order chi connectivity index (χ1) is 13.1. The molecule has 0 spiro atoms. The van der Waals surface area contributed by atoms with E-state index in [0.717, 1.165) is 0 Å². The van der Waals surface area contributed by atoms with Gasteiger partial charge in [-0.15, -0.1) is 0 Å². The Bertz CT molecular complexity index is 953. The number of benzene rings is 2. The van der Waals surface area contributed by atoms with Crippen molar-refractivity contribution in [3.8, 4) is 0 Å². The van der Waals surface area contributed by atoms with Crippen LogP contribution in [0.2, 0.25) is 0 Å². The number of hydrogen-bond donors (Lipinski definition) is 0. The van der Waals surface area contributed by atoms with Gasteiger partial charge in [0.05, 0.1) is 0 Å². The molecule has 0 radical (unpaired) electrons. The van der Waals surface area contributed by atoms with Gasteiger partial charge in [-0.25, -0.2) is 0 Å². The summed E-state index contributed by atoms with van der Waals surface area (Å²) in [6, 6.07) is 10.6. The molecule has 0 aliphatic heterocycles. The van der Waals surface area contributed by atoms with Crippen molar-refractivity contribution in [2.75, 3.05) is 0 Å². The van der Waals surface area contributed by atoms with Crippen molar-refractivity contribution in [1.82, 2.24) is 0 Å². The van der Waals surface area contributed by atoms with E-state index in [2.05, 4.69) is 0 Å². The van der Waals surface area contributed by atoms with E-state index in [1.54, 1.807) is 0 Å². The molecule has 0 amide bonds. The summed E-state index contributed by atoms with van der Waals surface area (Å²) in [4.78, 5) is 41.8. The van der Waals surface area contributed by atoms with E-state index in [4.69, 9.17) is 0 Å². The maximum absolute atomic E-state index is 12.0. The van der Waals surface area contributed by atoms with Crippen LogP contribution in [0.5, 0.6) is 0 Å². The van der Waals surface area contributed by atoms with Crippen molar-refractivity contribution in [3.63, 3.8) is 0 Å². The first-order valence-electron chi connectivity index (χ1n) is 7.88. The van der Waals surface area contributed by atoms with Gasteiger partial charge in [-0.05, 0) is 11.1 Å². The summed E-state index contributed by atoms with van der Waals surface area (Å²) in [5.74, 6) is -5.81. The first kappa shape index (κ1) is 18.8. The summed E-state index contributed by atoms with van der Waals surface area (Å²) in [5, 5.41) is 47.1. The third kappa shape index (κ3) is 2.11. The highest BCUT2D eigenvalue weighted by molar-refractivity contribution is 5.55. The molecule has 0 atom stereocenters. The molecule has 12 nitrogen and oxygen atoms in total. The van der Waals surface area contributed by atoms with Crippen LogP contribution in [0.25, 0.3) is 0 Å². The second kappa shape index (κ2) is 6.04. The zero-order valence-corrected chi connectivity index (χ0v) is 14.3. The summed E-state index contributed by atoms with van der Waals surface area (Å²) >= 11 is 0. The second-order valence-electron chi connectivity index (χ2n) is 6.40. The number of nitrogens with zero attached hydrogens (tertiary/aromatic N) is 4. The fourth-order valence-electron chi connectivity index (χ4n) is 3.83. The van der Waals surface area contributed by atoms with Crippen molar-refractivity contribution in [1.29, 1.82) is 0 Å². The minimum Gasteiger partial charge on any atom is -0.263 e. The molecular weight excluding hydrogens is 376 g/mol. The number of fused-ring (bicyclic) bond motifs is 2. The van der Waals surface area contributed by atoms with Crippen molar-refractivity contribution < 1.29 is 19.7 Å². The van der Waals surface area contributed by atoms with Crippen molar-refractivity contribution in [2.24, 2.45) is 0 Å². The Hall–Kier alpha value is -3.96. The van der Waals surface area contributed by atoms with E-state index in [1.807, 2.05) is 0 Å². The van der Waals surface area contributed by atoms with Crippen LogP contribution in [-0.2, 0) is 5.54 Å². The lowest BCUT2D eigenvalue weighted by Gasteiger charge is -2.34. The van der Waals surface area contributed by atoms with E-state index in [1.165, 1.54) is 55.5 Å². The molecule has 0 unspecified atom stereocenters. The molecule has 0 bridgehead atoms. The minimum absolute atomic E-state index is 0.0707. The molecule has 28 heavy (non-hydrogen) atoms. The first-order valence-corrected chi connectivity index (χ1v) is 7.88. The van der Waals surface area contributed by atoms with Crippen molar-refractivity contribution in [3.05, 3.63) is 111 Å². The Morgan fingerprint density at radius 1 is 0.750 bits per heavy atom. The Morgan fingerprint density at radius 3 is 1.43 bits per heavy atom. The summed E-state index contributed by atoms with van der Waals surface area (Å²) in [7, 11) is 0. The van der Waals surface area contributed by atoms with Gasteiger partial charge in [-0.3, -0.25) is 40.5 Å². The maximum Gasteiger partial charge on any atom is 0.710 e. The smallest absolute Gasteiger partial charge is 0.263 e. The standard InChI is InChI=1S/C16H12N4O8/c1-15(17(21)22)12-8-4-2-6-10(12)14(11-7-3-5-9-13(11)15)16(18(23)24,19(25)26)20(27)28/h2-9,14H,1H3. The maximum atomic E-state index is 12.0. The molecule has 144 valence electrons. The molecule has 12 heteroatoms. The average Bonchev–Trinajstić information content (AvgIpc) is 2.64. The Balaban J connectivity index is 2.53. The van der Waals surface area contributed by atoms with Crippen LogP contribution in [0.15, 0.2) is 48.5 Å². The third-order valence-corrected chi connectivity index (χ3v) is 5.15. The fourth-order valence-corrected chi connectivity index (χ4v) is 3.83. The molecule has 0 saturated heterocycles. The van der Waals surface area contributed by atoms with Crippen LogP contribution in [0, 0.1) is 40.5 Å². The Kier molecular flexibility index (Phi) is 4.06. The van der Waals surface area contributed by atoms with Crippen molar-refractivity contribution in [2.45, 2.75) is 24.2 Å². The predicted octanol–water partition coefficient (Wildman–Crippen LogP) is 2.16. The van der Waals surface area contributed by atoms with Gasteiger partial charge in [0.1, 0.15) is 0 Å². The van der Waals surface area contributed by atoms with Crippen LogP contribution in [0.1, 0.15) is 35.1 Å². The lowest BCUT2D eigenvalue weighted by atomic mass is 9.67. The summed E-state index contributed by atoms with van der Waals surface area (Å²) in [6.07, 6.45) is 0. The Morgan fingerprint density at radius 2 is 1.11 bits per heavy atom. The zero-order chi connectivity index (χ0) is 20.9. The summed E-state index contributed by atoms with van der Waals surface area (Å²) in [5.41, 5.74) is -2.44. The summed E-state index contributed by atoms with van der Waals surface area (Å²) in [6.45, 7) is 1.26. The molecule has 0 N–H and O–H groups in total. The number of rotatable bonds is 5. The van der Waals surface area contributed by atoms with Gasteiger partial charge in [-0.1, -0.05) is 48.5 Å². The summed E-state index contributed by atoms with van der Waals surface area (Å²) < 4.78 is 0. The lowest BCUT2D eigenvalue weighted by molar-refractivity contribution is -0.972. The zero-order valence-electron chi connectivity index (χ0n) is 14.3. The number of hydrogen-bond acceptors (Lipinski definition) is 8. The minimum atomic E-state index is -3.84. The highest BCUT2D eigenvalue weighted by Crippen LogP contribution is 2.51. The van der Waals surface area contributed by atoms with Gasteiger partial charge in [0.25, 0.3) is 5.54 Å². The van der Waals surface area contributed by atoms with E-state index in [9.17, 15) is 40.5 Å². The molecule has 0 aromatic heterocycles. The van der Waals surface area contributed by atoms with Crippen LogP contribution >= 0.6 is 0 Å². The quantitative estimate of drug-likeness (QED) is 0.425. The van der Waals surface area contributed by atoms with Gasteiger partial charge in [0.15, 0.2) is 14.8 Å². The molecule has 0 heterocycles. The average molecular weight is 388 g/mol. The second-order valence-corrected chi connectivity index (χ2v) is 6.40. The number of nitro groups is 4.